The standard InChI is InChI=1S/C15H19ClFN/c16-13-8-11(2-5-14(13)17)9-15(6-1-7-15)10-18-12-3-4-12/h2,5,8,12,18H,1,3-4,6-7,9-10H2. The lowest BCUT2D eigenvalue weighted by Crippen LogP contribution is -2.42. The second-order valence-corrected chi connectivity index (χ2v) is 6.34. The molecule has 0 atom stereocenters. The molecule has 0 bridgehead atoms. The summed E-state index contributed by atoms with van der Waals surface area (Å²) in [6, 6.07) is 5.91. The van der Waals surface area contributed by atoms with Crippen molar-refractivity contribution in [3.8, 4) is 0 Å². The summed E-state index contributed by atoms with van der Waals surface area (Å²) < 4.78 is 13.1. The highest BCUT2D eigenvalue weighted by molar-refractivity contribution is 6.30. The van der Waals surface area contributed by atoms with Gasteiger partial charge in [-0.05, 0) is 55.2 Å². The number of hydrogen-bond acceptors (Lipinski definition) is 1. The Labute approximate surface area is 113 Å². The number of nitrogens with one attached hydrogen (secondary N) is 1. The number of hydrogen-bond donors (Lipinski definition) is 1. The second kappa shape index (κ2) is 4.82. The summed E-state index contributed by atoms with van der Waals surface area (Å²) in [5, 5.41) is 3.89. The van der Waals surface area contributed by atoms with Gasteiger partial charge in [-0.2, -0.15) is 0 Å². The first-order valence-electron chi connectivity index (χ1n) is 6.84. The molecule has 0 aromatic heterocycles. The zero-order valence-electron chi connectivity index (χ0n) is 10.5. The number of rotatable bonds is 5. The predicted molar refractivity (Wildman–Crippen MR) is 72.4 cm³/mol. The third-order valence-corrected chi connectivity index (χ3v) is 4.61. The van der Waals surface area contributed by atoms with Crippen molar-refractivity contribution in [2.45, 2.75) is 44.6 Å². The van der Waals surface area contributed by atoms with E-state index in [1.54, 1.807) is 6.07 Å². The molecule has 2 saturated carbocycles. The van der Waals surface area contributed by atoms with Crippen LogP contribution in [0.15, 0.2) is 18.2 Å². The fourth-order valence-electron chi connectivity index (χ4n) is 2.82. The van der Waals surface area contributed by atoms with E-state index in [9.17, 15) is 4.39 Å². The summed E-state index contributed by atoms with van der Waals surface area (Å²) in [7, 11) is 0. The van der Waals surface area contributed by atoms with E-state index in [0.717, 1.165) is 19.0 Å². The highest BCUT2D eigenvalue weighted by Gasteiger charge is 2.38. The number of halogens is 2. The van der Waals surface area contributed by atoms with E-state index in [2.05, 4.69) is 5.32 Å². The van der Waals surface area contributed by atoms with Crippen LogP contribution in [0.3, 0.4) is 0 Å². The molecule has 0 aliphatic heterocycles. The minimum absolute atomic E-state index is 0.247. The molecule has 1 aromatic rings. The van der Waals surface area contributed by atoms with E-state index in [1.165, 1.54) is 43.7 Å². The van der Waals surface area contributed by atoms with E-state index in [0.29, 0.717) is 5.41 Å². The van der Waals surface area contributed by atoms with E-state index in [1.807, 2.05) is 6.07 Å². The lowest BCUT2D eigenvalue weighted by Gasteiger charge is -2.42. The van der Waals surface area contributed by atoms with Crippen LogP contribution in [0.2, 0.25) is 5.02 Å². The average Bonchev–Trinajstić information content (AvgIpc) is 3.11. The average molecular weight is 268 g/mol. The zero-order chi connectivity index (χ0) is 12.6. The molecule has 98 valence electrons. The quantitative estimate of drug-likeness (QED) is 0.852. The fraction of sp³-hybridized carbons (Fsp3) is 0.600. The minimum Gasteiger partial charge on any atom is -0.313 e. The first-order chi connectivity index (χ1) is 8.67. The van der Waals surface area contributed by atoms with Crippen molar-refractivity contribution in [1.29, 1.82) is 0 Å². The molecular formula is C15H19ClFN. The van der Waals surface area contributed by atoms with Crippen LogP contribution in [-0.2, 0) is 6.42 Å². The molecule has 3 rings (SSSR count). The van der Waals surface area contributed by atoms with Gasteiger partial charge in [-0.15, -0.1) is 0 Å². The van der Waals surface area contributed by atoms with Gasteiger partial charge in [-0.3, -0.25) is 0 Å². The Morgan fingerprint density at radius 1 is 1.33 bits per heavy atom. The van der Waals surface area contributed by atoms with Crippen LogP contribution in [0.5, 0.6) is 0 Å². The van der Waals surface area contributed by atoms with Crippen molar-refractivity contribution in [3.05, 3.63) is 34.6 Å². The van der Waals surface area contributed by atoms with Crippen LogP contribution in [0.4, 0.5) is 4.39 Å². The smallest absolute Gasteiger partial charge is 0.141 e. The molecule has 3 heteroatoms. The van der Waals surface area contributed by atoms with Crippen LogP contribution in [0.1, 0.15) is 37.7 Å². The van der Waals surface area contributed by atoms with Crippen molar-refractivity contribution in [3.63, 3.8) is 0 Å². The van der Waals surface area contributed by atoms with Crippen molar-refractivity contribution in [2.75, 3.05) is 6.54 Å². The third kappa shape index (κ3) is 2.70. The maximum absolute atomic E-state index is 13.1. The second-order valence-electron chi connectivity index (χ2n) is 5.93. The minimum atomic E-state index is -0.320. The Hall–Kier alpha value is -0.600. The summed E-state index contributed by atoms with van der Waals surface area (Å²) in [6.45, 7) is 1.10. The largest absolute Gasteiger partial charge is 0.313 e. The highest BCUT2D eigenvalue weighted by atomic mass is 35.5. The van der Waals surface area contributed by atoms with Crippen molar-refractivity contribution in [1.82, 2.24) is 5.32 Å². The molecule has 0 radical (unpaired) electrons. The fourth-order valence-corrected chi connectivity index (χ4v) is 3.03. The van der Waals surface area contributed by atoms with Gasteiger partial charge < -0.3 is 5.32 Å². The summed E-state index contributed by atoms with van der Waals surface area (Å²) in [6.07, 6.45) is 7.56. The molecule has 0 unspecified atom stereocenters. The first kappa shape index (κ1) is 12.4. The van der Waals surface area contributed by atoms with Gasteiger partial charge in [0, 0.05) is 12.6 Å². The van der Waals surface area contributed by atoms with Gasteiger partial charge in [0.15, 0.2) is 0 Å². The van der Waals surface area contributed by atoms with Gasteiger partial charge in [0.2, 0.25) is 0 Å². The van der Waals surface area contributed by atoms with Crippen molar-refractivity contribution in [2.24, 2.45) is 5.41 Å². The van der Waals surface area contributed by atoms with Crippen LogP contribution < -0.4 is 5.32 Å². The molecule has 1 aromatic carbocycles. The SMILES string of the molecule is Fc1ccc(CC2(CNC3CC3)CCC2)cc1Cl. The van der Waals surface area contributed by atoms with Gasteiger partial charge in [0.05, 0.1) is 5.02 Å². The van der Waals surface area contributed by atoms with Crippen molar-refractivity contribution >= 4 is 11.6 Å². The number of benzene rings is 1. The summed E-state index contributed by atoms with van der Waals surface area (Å²) >= 11 is 5.85. The Bertz CT molecular complexity index is 438. The molecule has 0 saturated heterocycles. The van der Waals surface area contributed by atoms with Crippen LogP contribution in [0, 0.1) is 11.2 Å². The Balaban J connectivity index is 1.66. The molecule has 18 heavy (non-hydrogen) atoms. The van der Waals surface area contributed by atoms with E-state index >= 15 is 0 Å². The summed E-state index contributed by atoms with van der Waals surface area (Å²) in [4.78, 5) is 0. The van der Waals surface area contributed by atoms with Gasteiger partial charge in [0.25, 0.3) is 0 Å². The van der Waals surface area contributed by atoms with Crippen LogP contribution in [-0.4, -0.2) is 12.6 Å². The van der Waals surface area contributed by atoms with Gasteiger partial charge in [-0.1, -0.05) is 24.1 Å². The Kier molecular flexibility index (Phi) is 3.33. The third-order valence-electron chi connectivity index (χ3n) is 4.32. The van der Waals surface area contributed by atoms with Crippen molar-refractivity contribution < 1.29 is 4.39 Å². The van der Waals surface area contributed by atoms with Crippen LogP contribution in [0.25, 0.3) is 0 Å². The topological polar surface area (TPSA) is 12.0 Å². The lowest BCUT2D eigenvalue weighted by molar-refractivity contribution is 0.129. The lowest BCUT2D eigenvalue weighted by atomic mass is 9.65. The molecule has 1 N–H and O–H groups in total. The molecule has 0 heterocycles. The maximum atomic E-state index is 13.1. The van der Waals surface area contributed by atoms with Gasteiger partial charge >= 0.3 is 0 Å². The Morgan fingerprint density at radius 3 is 2.67 bits per heavy atom. The molecule has 0 spiro atoms. The van der Waals surface area contributed by atoms with Gasteiger partial charge in [0.1, 0.15) is 5.82 Å². The molecule has 2 aliphatic carbocycles. The molecule has 0 amide bonds. The molecule has 2 fully saturated rings. The normalized spacial score (nSPS) is 21.7. The maximum Gasteiger partial charge on any atom is 0.141 e. The molecular weight excluding hydrogens is 249 g/mol. The highest BCUT2D eigenvalue weighted by Crippen LogP contribution is 2.44. The zero-order valence-corrected chi connectivity index (χ0v) is 11.3. The summed E-state index contributed by atoms with van der Waals surface area (Å²) in [5.74, 6) is -0.320. The molecule has 2 aliphatic rings. The first-order valence-corrected chi connectivity index (χ1v) is 7.22. The Morgan fingerprint density at radius 2 is 2.11 bits per heavy atom. The molecule has 1 nitrogen and oxygen atoms in total. The van der Waals surface area contributed by atoms with Gasteiger partial charge in [-0.25, -0.2) is 4.39 Å². The van der Waals surface area contributed by atoms with Crippen LogP contribution >= 0.6 is 11.6 Å². The van der Waals surface area contributed by atoms with E-state index < -0.39 is 0 Å². The monoisotopic (exact) mass is 267 g/mol. The summed E-state index contributed by atoms with van der Waals surface area (Å²) in [5.41, 5.74) is 1.56. The predicted octanol–water partition coefficient (Wildman–Crippen LogP) is 3.94. The van der Waals surface area contributed by atoms with E-state index in [-0.39, 0.29) is 10.8 Å². The van der Waals surface area contributed by atoms with E-state index in [4.69, 9.17) is 11.6 Å².